The van der Waals surface area contributed by atoms with Crippen LogP contribution in [-0.4, -0.2) is 108 Å². The number of aromatic nitrogens is 3. The summed E-state index contributed by atoms with van der Waals surface area (Å²) >= 11 is 0. The molecule has 2 fully saturated rings. The highest BCUT2D eigenvalue weighted by atomic mass is 32.2. The molecule has 0 radical (unpaired) electrons. The number of aromatic amines is 1. The highest BCUT2D eigenvalue weighted by Crippen LogP contribution is 2.17. The zero-order valence-corrected chi connectivity index (χ0v) is 16.0. The van der Waals surface area contributed by atoms with Crippen LogP contribution in [0.1, 0.15) is 10.4 Å². The third-order valence-electron chi connectivity index (χ3n) is 5.20. The standard InChI is InChI=1S/C16H23N7O3S/c1-20-4-8-22(9-5-20)27(25,26)23-10-6-21(7-11-23)16(24)13-2-3-14-15(12-13)18-19-17-14/h2-3,12H,4-11H2,1H3,(H,17,18,19). The molecule has 0 saturated carbocycles. The van der Waals surface area contributed by atoms with E-state index in [1.807, 2.05) is 7.05 Å². The molecule has 27 heavy (non-hydrogen) atoms. The molecular weight excluding hydrogens is 370 g/mol. The fourth-order valence-corrected chi connectivity index (χ4v) is 5.04. The molecule has 3 heterocycles. The maximum atomic E-state index is 12.8. The van der Waals surface area contributed by atoms with Crippen molar-refractivity contribution in [3.8, 4) is 0 Å². The Morgan fingerprint density at radius 1 is 0.926 bits per heavy atom. The van der Waals surface area contributed by atoms with Crippen molar-refractivity contribution in [3.05, 3.63) is 23.8 Å². The lowest BCUT2D eigenvalue weighted by Gasteiger charge is -2.39. The van der Waals surface area contributed by atoms with Crippen molar-refractivity contribution in [1.29, 1.82) is 0 Å². The van der Waals surface area contributed by atoms with E-state index in [-0.39, 0.29) is 5.91 Å². The summed E-state index contributed by atoms with van der Waals surface area (Å²) in [4.78, 5) is 16.6. The first-order chi connectivity index (χ1) is 12.9. The van der Waals surface area contributed by atoms with Crippen molar-refractivity contribution in [2.45, 2.75) is 0 Å². The molecule has 0 unspecified atom stereocenters. The van der Waals surface area contributed by atoms with Crippen molar-refractivity contribution in [1.82, 2.24) is 33.8 Å². The van der Waals surface area contributed by atoms with Gasteiger partial charge in [0.25, 0.3) is 16.1 Å². The molecular formula is C16H23N7O3S. The predicted octanol–water partition coefficient (Wildman–Crippen LogP) is -0.792. The van der Waals surface area contributed by atoms with Gasteiger partial charge in [-0.2, -0.15) is 32.4 Å². The second kappa shape index (κ2) is 7.15. The quantitative estimate of drug-likeness (QED) is 0.733. The molecule has 0 spiro atoms. The Bertz CT molecular complexity index is 928. The van der Waals surface area contributed by atoms with Crippen molar-refractivity contribution < 1.29 is 13.2 Å². The first-order valence-electron chi connectivity index (χ1n) is 8.99. The van der Waals surface area contributed by atoms with E-state index in [0.717, 1.165) is 13.1 Å². The van der Waals surface area contributed by atoms with E-state index >= 15 is 0 Å². The summed E-state index contributed by atoms with van der Waals surface area (Å²) in [6.07, 6.45) is 0. The Labute approximate surface area is 157 Å². The van der Waals surface area contributed by atoms with Gasteiger partial charge in [-0.05, 0) is 25.2 Å². The molecule has 2 aliphatic heterocycles. The Hall–Kier alpha value is -2.08. The zero-order chi connectivity index (χ0) is 19.0. The molecule has 0 atom stereocenters. The molecule has 0 bridgehead atoms. The van der Waals surface area contributed by atoms with Gasteiger partial charge in [-0.15, -0.1) is 0 Å². The Kier molecular flexibility index (Phi) is 4.84. The van der Waals surface area contributed by atoms with Crippen LogP contribution in [0.5, 0.6) is 0 Å². The molecule has 1 aromatic heterocycles. The molecule has 2 aliphatic rings. The average molecular weight is 393 g/mol. The monoisotopic (exact) mass is 393 g/mol. The second-order valence-electron chi connectivity index (χ2n) is 6.93. The third-order valence-corrected chi connectivity index (χ3v) is 7.24. The lowest BCUT2D eigenvalue weighted by atomic mass is 10.1. The number of amides is 1. The van der Waals surface area contributed by atoms with Gasteiger partial charge in [-0.1, -0.05) is 0 Å². The summed E-state index contributed by atoms with van der Waals surface area (Å²) in [5.74, 6) is -0.114. The first kappa shape index (κ1) is 18.3. The van der Waals surface area contributed by atoms with Crippen molar-refractivity contribution >= 4 is 27.1 Å². The first-order valence-corrected chi connectivity index (χ1v) is 10.4. The topological polar surface area (TPSA) is 106 Å². The summed E-state index contributed by atoms with van der Waals surface area (Å²) < 4.78 is 28.7. The Morgan fingerprint density at radius 3 is 2.19 bits per heavy atom. The van der Waals surface area contributed by atoms with Crippen LogP contribution in [0.25, 0.3) is 11.0 Å². The van der Waals surface area contributed by atoms with E-state index in [1.54, 1.807) is 27.4 Å². The number of piperazine rings is 2. The molecule has 0 aliphatic carbocycles. The van der Waals surface area contributed by atoms with Gasteiger partial charge in [0.05, 0.1) is 0 Å². The third kappa shape index (κ3) is 3.55. The number of hydrogen-bond donors (Lipinski definition) is 1. The fourth-order valence-electron chi connectivity index (χ4n) is 3.46. The van der Waals surface area contributed by atoms with E-state index in [9.17, 15) is 13.2 Å². The average Bonchev–Trinajstić information content (AvgIpc) is 3.15. The number of benzene rings is 1. The summed E-state index contributed by atoms with van der Waals surface area (Å²) in [6.45, 7) is 3.88. The lowest BCUT2D eigenvalue weighted by molar-refractivity contribution is 0.0692. The number of carbonyl (C=O) groups excluding carboxylic acids is 1. The number of rotatable bonds is 3. The van der Waals surface area contributed by atoms with Crippen LogP contribution in [0.2, 0.25) is 0 Å². The predicted molar refractivity (Wildman–Crippen MR) is 99.4 cm³/mol. The molecule has 2 aromatic rings. The zero-order valence-electron chi connectivity index (χ0n) is 15.2. The minimum absolute atomic E-state index is 0.114. The van der Waals surface area contributed by atoms with Crippen LogP contribution < -0.4 is 0 Å². The van der Waals surface area contributed by atoms with Gasteiger partial charge in [-0.25, -0.2) is 0 Å². The molecule has 10 nitrogen and oxygen atoms in total. The normalized spacial score (nSPS) is 21.0. The molecule has 1 amide bonds. The minimum Gasteiger partial charge on any atom is -0.336 e. The maximum absolute atomic E-state index is 12.8. The maximum Gasteiger partial charge on any atom is 0.282 e. The fraction of sp³-hybridized carbons (Fsp3) is 0.562. The summed E-state index contributed by atoms with van der Waals surface area (Å²) in [6, 6.07) is 5.18. The summed E-state index contributed by atoms with van der Waals surface area (Å²) in [7, 11) is -1.47. The molecule has 1 aromatic carbocycles. The van der Waals surface area contributed by atoms with Crippen LogP contribution in [-0.2, 0) is 10.2 Å². The number of nitrogens with one attached hydrogen (secondary N) is 1. The van der Waals surface area contributed by atoms with E-state index < -0.39 is 10.2 Å². The van der Waals surface area contributed by atoms with E-state index in [0.29, 0.717) is 55.9 Å². The van der Waals surface area contributed by atoms with Gasteiger partial charge in [0.1, 0.15) is 11.0 Å². The van der Waals surface area contributed by atoms with Crippen LogP contribution in [0.3, 0.4) is 0 Å². The Balaban J connectivity index is 1.40. The number of nitrogens with zero attached hydrogens (tertiary/aromatic N) is 6. The lowest BCUT2D eigenvalue weighted by Crippen LogP contribution is -2.57. The van der Waals surface area contributed by atoms with E-state index in [1.165, 1.54) is 4.31 Å². The highest BCUT2D eigenvalue weighted by Gasteiger charge is 2.34. The van der Waals surface area contributed by atoms with Crippen molar-refractivity contribution in [2.24, 2.45) is 0 Å². The SMILES string of the molecule is CN1CCN(S(=O)(=O)N2CCN(C(=O)c3ccc4n[nH]nc4c3)CC2)CC1. The molecule has 2 saturated heterocycles. The van der Waals surface area contributed by atoms with Crippen LogP contribution in [0, 0.1) is 0 Å². The smallest absolute Gasteiger partial charge is 0.282 e. The minimum atomic E-state index is -3.46. The number of hydrogen-bond acceptors (Lipinski definition) is 6. The molecule has 146 valence electrons. The summed E-state index contributed by atoms with van der Waals surface area (Å²) in [5, 5.41) is 10.5. The summed E-state index contributed by atoms with van der Waals surface area (Å²) in [5.41, 5.74) is 1.87. The van der Waals surface area contributed by atoms with Gasteiger partial charge in [0.2, 0.25) is 0 Å². The number of H-pyrrole nitrogens is 1. The number of likely N-dealkylation sites (N-methyl/N-ethyl adjacent to an activating group) is 1. The Morgan fingerprint density at radius 2 is 1.52 bits per heavy atom. The molecule has 11 heteroatoms. The number of fused-ring (bicyclic) bond motifs is 1. The van der Waals surface area contributed by atoms with Crippen molar-refractivity contribution in [3.63, 3.8) is 0 Å². The highest BCUT2D eigenvalue weighted by molar-refractivity contribution is 7.86. The van der Waals surface area contributed by atoms with Crippen LogP contribution in [0.4, 0.5) is 0 Å². The second-order valence-corrected chi connectivity index (χ2v) is 8.86. The van der Waals surface area contributed by atoms with Gasteiger partial charge in [0, 0.05) is 57.9 Å². The molecule has 4 rings (SSSR count). The van der Waals surface area contributed by atoms with Gasteiger partial charge in [0.15, 0.2) is 0 Å². The van der Waals surface area contributed by atoms with Crippen LogP contribution >= 0.6 is 0 Å². The largest absolute Gasteiger partial charge is 0.336 e. The van der Waals surface area contributed by atoms with E-state index in [2.05, 4.69) is 20.3 Å². The van der Waals surface area contributed by atoms with Gasteiger partial charge in [-0.3, -0.25) is 4.79 Å². The van der Waals surface area contributed by atoms with E-state index in [4.69, 9.17) is 0 Å². The van der Waals surface area contributed by atoms with Crippen LogP contribution in [0.15, 0.2) is 18.2 Å². The number of carbonyl (C=O) groups is 1. The van der Waals surface area contributed by atoms with Gasteiger partial charge < -0.3 is 9.80 Å². The van der Waals surface area contributed by atoms with Crippen molar-refractivity contribution in [2.75, 3.05) is 59.4 Å². The van der Waals surface area contributed by atoms with Gasteiger partial charge >= 0.3 is 0 Å². The molecule has 1 N–H and O–H groups in total.